The van der Waals surface area contributed by atoms with Crippen molar-refractivity contribution in [1.29, 1.82) is 0 Å². The smallest absolute Gasteiger partial charge is 0.182 e. The number of hydrogen-bond acceptors (Lipinski definition) is 8. The van der Waals surface area contributed by atoms with Gasteiger partial charge in [0.15, 0.2) is 11.9 Å². The van der Waals surface area contributed by atoms with E-state index in [0.717, 1.165) is 44.2 Å². The lowest BCUT2D eigenvalue weighted by molar-refractivity contribution is -0.207. The van der Waals surface area contributed by atoms with Gasteiger partial charge in [0, 0.05) is 52.0 Å². The van der Waals surface area contributed by atoms with Crippen LogP contribution < -0.4 is 5.32 Å². The Morgan fingerprint density at radius 2 is 1.97 bits per heavy atom. The van der Waals surface area contributed by atoms with E-state index in [2.05, 4.69) is 19.2 Å². The molecule has 10 atom stereocenters. The number of aliphatic hydroxyl groups is 1. The zero-order valence-electron chi connectivity index (χ0n) is 20.5. The summed E-state index contributed by atoms with van der Waals surface area (Å²) in [5, 5.41) is 15.7. The Kier molecular flexibility index (Phi) is 6.04. The second-order valence-corrected chi connectivity index (χ2v) is 10.8. The SMILES string of the molecule is CCNC[C@]1(C)CC[C@H](OC)C2=C3C[C@H]4[C@H](OC)[C@@H]3[C@@]3(C[C@@H]4OC)OCO[C@@]3(C=O)[C@@H](O)[C@@H]21. The zero-order valence-corrected chi connectivity index (χ0v) is 20.5. The monoisotopic (exact) mass is 465 g/mol. The lowest BCUT2D eigenvalue weighted by Gasteiger charge is -2.54. The van der Waals surface area contributed by atoms with Crippen molar-refractivity contribution in [3.63, 3.8) is 0 Å². The van der Waals surface area contributed by atoms with Gasteiger partial charge in [-0.1, -0.05) is 19.4 Å². The molecule has 0 aromatic rings. The summed E-state index contributed by atoms with van der Waals surface area (Å²) in [4.78, 5) is 13.0. The van der Waals surface area contributed by atoms with Crippen molar-refractivity contribution in [3.05, 3.63) is 11.1 Å². The van der Waals surface area contributed by atoms with Crippen molar-refractivity contribution in [3.8, 4) is 0 Å². The number of rotatable bonds is 7. The third kappa shape index (κ3) is 2.92. The maximum Gasteiger partial charge on any atom is 0.182 e. The Balaban J connectivity index is 1.79. The minimum atomic E-state index is -1.50. The Hall–Kier alpha value is -0.870. The van der Waals surface area contributed by atoms with E-state index in [4.69, 9.17) is 23.7 Å². The maximum absolute atomic E-state index is 13.0. The topological polar surface area (TPSA) is 95.5 Å². The predicted octanol–water partition coefficient (Wildman–Crippen LogP) is 1.45. The van der Waals surface area contributed by atoms with Crippen molar-refractivity contribution in [2.24, 2.45) is 23.2 Å². The lowest BCUT2D eigenvalue weighted by Crippen LogP contribution is -2.70. The molecule has 1 aliphatic heterocycles. The number of carbonyl (C=O) groups is 1. The zero-order chi connectivity index (χ0) is 23.6. The summed E-state index contributed by atoms with van der Waals surface area (Å²) in [5.74, 6) is -0.334. The molecule has 0 unspecified atom stereocenters. The van der Waals surface area contributed by atoms with E-state index in [1.54, 1.807) is 21.3 Å². The van der Waals surface area contributed by atoms with E-state index in [-0.39, 0.29) is 48.3 Å². The number of carbonyl (C=O) groups excluding carboxylic acids is 1. The number of aliphatic hydroxyl groups excluding tert-OH is 1. The largest absolute Gasteiger partial charge is 0.389 e. The summed E-state index contributed by atoms with van der Waals surface area (Å²) in [7, 11) is 5.16. The highest BCUT2D eigenvalue weighted by molar-refractivity contribution is 5.70. The summed E-state index contributed by atoms with van der Waals surface area (Å²) < 4.78 is 30.7. The Labute approximate surface area is 196 Å². The highest BCUT2D eigenvalue weighted by Crippen LogP contribution is 2.66. The molecule has 0 radical (unpaired) electrons. The number of methoxy groups -OCH3 is 3. The fourth-order valence-electron chi connectivity index (χ4n) is 8.24. The molecule has 0 aromatic carbocycles. The van der Waals surface area contributed by atoms with Gasteiger partial charge < -0.3 is 34.1 Å². The number of fused-ring (bicyclic) bond motifs is 2. The van der Waals surface area contributed by atoms with Crippen LogP contribution in [0.1, 0.15) is 39.5 Å². The third-order valence-corrected chi connectivity index (χ3v) is 9.69. The molecule has 1 saturated heterocycles. The first-order valence-corrected chi connectivity index (χ1v) is 12.3. The van der Waals surface area contributed by atoms with Gasteiger partial charge in [0.1, 0.15) is 18.5 Å². The van der Waals surface area contributed by atoms with Gasteiger partial charge in [0.2, 0.25) is 0 Å². The van der Waals surface area contributed by atoms with Crippen molar-refractivity contribution in [2.75, 3.05) is 41.2 Å². The van der Waals surface area contributed by atoms with Crippen LogP contribution >= 0.6 is 0 Å². The van der Waals surface area contributed by atoms with E-state index in [9.17, 15) is 9.90 Å². The van der Waals surface area contributed by atoms with Crippen LogP contribution in [0.4, 0.5) is 0 Å². The average molecular weight is 466 g/mol. The second-order valence-electron chi connectivity index (χ2n) is 10.8. The average Bonchev–Trinajstić information content (AvgIpc) is 3.33. The molecule has 2 bridgehead atoms. The van der Waals surface area contributed by atoms with Gasteiger partial charge in [-0.2, -0.15) is 0 Å². The summed E-state index contributed by atoms with van der Waals surface area (Å²) >= 11 is 0. The summed E-state index contributed by atoms with van der Waals surface area (Å²) in [6, 6.07) is 0. The highest BCUT2D eigenvalue weighted by atomic mass is 16.7. The molecular formula is C25H39NO7. The predicted molar refractivity (Wildman–Crippen MR) is 120 cm³/mol. The van der Waals surface area contributed by atoms with Gasteiger partial charge in [0.25, 0.3) is 0 Å². The molecule has 2 N–H and O–H groups in total. The summed E-state index contributed by atoms with van der Waals surface area (Å²) in [5.41, 5.74) is -0.458. The summed E-state index contributed by atoms with van der Waals surface area (Å²) in [6.07, 6.45) is 2.30. The van der Waals surface area contributed by atoms with Crippen molar-refractivity contribution < 1.29 is 33.6 Å². The lowest BCUT2D eigenvalue weighted by atomic mass is 9.57. The first-order chi connectivity index (χ1) is 15.9. The van der Waals surface area contributed by atoms with Crippen LogP contribution in [0.25, 0.3) is 0 Å². The van der Waals surface area contributed by atoms with Crippen molar-refractivity contribution in [1.82, 2.24) is 5.32 Å². The van der Waals surface area contributed by atoms with Gasteiger partial charge >= 0.3 is 0 Å². The highest BCUT2D eigenvalue weighted by Gasteiger charge is 2.76. The molecule has 5 rings (SSSR count). The maximum atomic E-state index is 13.0. The number of ether oxygens (including phenoxy) is 5. The fourth-order valence-corrected chi connectivity index (χ4v) is 8.24. The number of hydrogen-bond donors (Lipinski definition) is 2. The van der Waals surface area contributed by atoms with Crippen LogP contribution in [0.15, 0.2) is 11.1 Å². The summed E-state index contributed by atoms with van der Waals surface area (Å²) in [6.45, 7) is 5.85. The molecule has 0 aromatic heterocycles. The van der Waals surface area contributed by atoms with Gasteiger partial charge in [-0.25, -0.2) is 0 Å². The third-order valence-electron chi connectivity index (χ3n) is 9.69. The first kappa shape index (κ1) is 23.9. The molecule has 8 nitrogen and oxygen atoms in total. The van der Waals surface area contributed by atoms with Gasteiger partial charge in [0.05, 0.1) is 18.3 Å². The molecule has 3 saturated carbocycles. The standard InChI is InChI=1S/C25H39NO7/c1-6-26-11-23(2)8-7-16(29-3)18-15-9-14-17(30-4)10-24(19(15)21(14)31-5)25(12-27,33-13-32-24)22(28)20(18)23/h12,14,16-17,19-22,26,28H,6-11,13H2,1-5H3/t14-,16+,17+,19-,20-,21+,22+,23+,24-,25+/m1/s1. The Bertz CT molecular complexity index is 819. The molecule has 1 spiro atoms. The minimum Gasteiger partial charge on any atom is -0.389 e. The molecule has 4 aliphatic carbocycles. The van der Waals surface area contributed by atoms with Gasteiger partial charge in [-0.05, 0) is 36.8 Å². The fraction of sp³-hybridized carbons (Fsp3) is 0.880. The second kappa shape index (κ2) is 8.36. The number of aldehydes is 1. The number of nitrogens with one attached hydrogen (secondary N) is 1. The molecule has 8 heteroatoms. The van der Waals surface area contributed by atoms with E-state index in [1.165, 1.54) is 5.57 Å². The quantitative estimate of drug-likeness (QED) is 0.431. The van der Waals surface area contributed by atoms with Crippen LogP contribution in [0.3, 0.4) is 0 Å². The minimum absolute atomic E-state index is 0.0310. The van der Waals surface area contributed by atoms with Crippen LogP contribution in [0, 0.1) is 23.2 Å². The first-order valence-electron chi connectivity index (χ1n) is 12.3. The Morgan fingerprint density at radius 1 is 1.18 bits per heavy atom. The molecule has 4 fully saturated rings. The van der Waals surface area contributed by atoms with Gasteiger partial charge in [-0.15, -0.1) is 0 Å². The Morgan fingerprint density at radius 3 is 2.61 bits per heavy atom. The molecular weight excluding hydrogens is 426 g/mol. The molecule has 186 valence electrons. The van der Waals surface area contributed by atoms with E-state index >= 15 is 0 Å². The van der Waals surface area contributed by atoms with Crippen LogP contribution in [0.5, 0.6) is 0 Å². The van der Waals surface area contributed by atoms with Crippen LogP contribution in [0.2, 0.25) is 0 Å². The van der Waals surface area contributed by atoms with Crippen molar-refractivity contribution in [2.45, 2.75) is 75.1 Å². The molecule has 0 amide bonds. The van der Waals surface area contributed by atoms with Crippen molar-refractivity contribution >= 4 is 6.29 Å². The van der Waals surface area contributed by atoms with Crippen LogP contribution in [-0.4, -0.2) is 88.2 Å². The molecule has 33 heavy (non-hydrogen) atoms. The van der Waals surface area contributed by atoms with Gasteiger partial charge in [-0.3, -0.25) is 4.79 Å². The van der Waals surface area contributed by atoms with E-state index < -0.39 is 17.3 Å². The van der Waals surface area contributed by atoms with Crippen LogP contribution in [-0.2, 0) is 28.5 Å². The normalized spacial score (nSPS) is 50.7. The van der Waals surface area contributed by atoms with E-state index in [1.807, 2.05) is 0 Å². The van der Waals surface area contributed by atoms with E-state index in [0.29, 0.717) is 6.42 Å². The molecule has 1 heterocycles. The molecule has 5 aliphatic rings.